The molecule has 0 saturated heterocycles. The van der Waals surface area contributed by atoms with E-state index in [4.69, 9.17) is 5.73 Å². The van der Waals surface area contributed by atoms with Crippen molar-refractivity contribution in [3.05, 3.63) is 76.5 Å². The van der Waals surface area contributed by atoms with Crippen LogP contribution in [0.2, 0.25) is 0 Å². The molecular weight excluding hydrogens is 428 g/mol. The summed E-state index contributed by atoms with van der Waals surface area (Å²) in [5.74, 6) is -1.12. The number of carbonyl (C=O) groups excluding carboxylic acids is 2. The second-order valence-corrected chi connectivity index (χ2v) is 8.30. The topological polar surface area (TPSA) is 112 Å². The molecule has 7 heteroatoms. The summed E-state index contributed by atoms with van der Waals surface area (Å²) in [6, 6.07) is 14.3. The number of hydrogen-bond donors (Lipinski definition) is 3. The summed E-state index contributed by atoms with van der Waals surface area (Å²) in [6.45, 7) is 9.34. The number of aliphatic imine (C=N–C) groups is 1. The van der Waals surface area contributed by atoms with Crippen LogP contribution in [0, 0.1) is 20.8 Å². The van der Waals surface area contributed by atoms with Gasteiger partial charge in [0.15, 0.2) is 0 Å². The summed E-state index contributed by atoms with van der Waals surface area (Å²) < 4.78 is 0. The lowest BCUT2D eigenvalue weighted by molar-refractivity contribution is 0.0987. The minimum absolute atomic E-state index is 0.0598. The largest absolute Gasteiger partial charge is 0.507 e. The highest BCUT2D eigenvalue weighted by Gasteiger charge is 2.24. The molecule has 4 rings (SSSR count). The number of para-hydroxylation sites is 1. The fraction of sp³-hybridized carbons (Fsp3) is 0.148. The number of nitrogens with two attached hydrogens (primary N) is 1. The molecular formula is C27H26N4O3. The van der Waals surface area contributed by atoms with Gasteiger partial charge in [0.2, 0.25) is 0 Å². The van der Waals surface area contributed by atoms with Crippen molar-refractivity contribution in [2.45, 2.75) is 20.8 Å². The number of nitrogens with one attached hydrogen (secondary N) is 1. The fourth-order valence-electron chi connectivity index (χ4n) is 4.47. The Morgan fingerprint density at radius 3 is 2.41 bits per heavy atom. The van der Waals surface area contributed by atoms with Gasteiger partial charge in [-0.15, -0.1) is 0 Å². The molecule has 0 aliphatic rings. The van der Waals surface area contributed by atoms with Gasteiger partial charge in [0.1, 0.15) is 11.3 Å². The zero-order valence-electron chi connectivity index (χ0n) is 19.6. The van der Waals surface area contributed by atoms with Crippen molar-refractivity contribution in [2.75, 3.05) is 11.9 Å². The monoisotopic (exact) mass is 454 g/mol. The molecule has 34 heavy (non-hydrogen) atoms. The summed E-state index contributed by atoms with van der Waals surface area (Å²) in [5, 5.41) is 11.5. The van der Waals surface area contributed by atoms with Gasteiger partial charge in [-0.3, -0.25) is 14.6 Å². The Morgan fingerprint density at radius 1 is 1.03 bits per heavy atom. The zero-order chi connectivity index (χ0) is 24.7. The highest BCUT2D eigenvalue weighted by Crippen LogP contribution is 2.41. The highest BCUT2D eigenvalue weighted by molar-refractivity contribution is 6.14. The minimum Gasteiger partial charge on any atom is -0.507 e. The Morgan fingerprint density at radius 2 is 1.74 bits per heavy atom. The maximum absolute atomic E-state index is 13.3. The van der Waals surface area contributed by atoms with Crippen LogP contribution in [0.5, 0.6) is 5.75 Å². The van der Waals surface area contributed by atoms with E-state index in [0.717, 1.165) is 33.3 Å². The number of rotatable bonds is 5. The van der Waals surface area contributed by atoms with Crippen molar-refractivity contribution in [3.8, 4) is 16.9 Å². The number of carbonyl (C=O) groups is 2. The predicted molar refractivity (Wildman–Crippen MR) is 137 cm³/mol. The van der Waals surface area contributed by atoms with Crippen LogP contribution in [0.3, 0.4) is 0 Å². The van der Waals surface area contributed by atoms with Crippen molar-refractivity contribution >= 4 is 40.8 Å². The van der Waals surface area contributed by atoms with Gasteiger partial charge in [0.05, 0.1) is 16.8 Å². The maximum atomic E-state index is 13.3. The number of amides is 2. The van der Waals surface area contributed by atoms with Crippen LogP contribution in [0.4, 0.5) is 11.4 Å². The second-order valence-electron chi connectivity index (χ2n) is 8.30. The molecule has 0 atom stereocenters. The lowest BCUT2D eigenvalue weighted by Crippen LogP contribution is -2.27. The maximum Gasteiger partial charge on any atom is 0.260 e. The Labute approximate surface area is 197 Å². The molecule has 0 fully saturated rings. The van der Waals surface area contributed by atoms with Gasteiger partial charge in [-0.25, -0.2) is 0 Å². The van der Waals surface area contributed by atoms with Crippen LogP contribution in [-0.2, 0) is 0 Å². The Bertz CT molecular complexity index is 1480. The Balaban J connectivity index is 1.91. The summed E-state index contributed by atoms with van der Waals surface area (Å²) in [7, 11) is 1.71. The van der Waals surface area contributed by atoms with E-state index >= 15 is 0 Å². The molecule has 0 aliphatic carbocycles. The predicted octanol–water partition coefficient (Wildman–Crippen LogP) is 5.17. The third-order valence-electron chi connectivity index (χ3n) is 6.37. The first-order valence-electron chi connectivity index (χ1n) is 10.8. The van der Waals surface area contributed by atoms with Crippen LogP contribution >= 0.6 is 0 Å². The molecule has 0 spiro atoms. The van der Waals surface area contributed by atoms with Crippen molar-refractivity contribution < 1.29 is 14.7 Å². The van der Waals surface area contributed by atoms with Crippen LogP contribution in [0.1, 0.15) is 37.5 Å². The van der Waals surface area contributed by atoms with E-state index in [1.165, 1.54) is 0 Å². The lowest BCUT2D eigenvalue weighted by atomic mass is 9.92. The molecule has 0 bridgehead atoms. The van der Waals surface area contributed by atoms with Crippen LogP contribution in [0.25, 0.3) is 22.0 Å². The number of H-pyrrole nitrogens is 1. The molecule has 0 unspecified atom stereocenters. The number of hydrogen-bond acceptors (Lipinski definition) is 4. The molecule has 0 aliphatic heterocycles. The van der Waals surface area contributed by atoms with Crippen molar-refractivity contribution in [3.63, 3.8) is 0 Å². The molecule has 172 valence electrons. The third kappa shape index (κ3) is 3.51. The highest BCUT2D eigenvalue weighted by atomic mass is 16.3. The number of aryl methyl sites for hydroxylation is 2. The first-order valence-corrected chi connectivity index (χ1v) is 10.8. The number of phenols is 1. The Kier molecular flexibility index (Phi) is 5.71. The van der Waals surface area contributed by atoms with Gasteiger partial charge in [0, 0.05) is 23.8 Å². The summed E-state index contributed by atoms with van der Waals surface area (Å²) >= 11 is 0. The van der Waals surface area contributed by atoms with Crippen molar-refractivity contribution in [1.29, 1.82) is 0 Å². The number of nitrogens with zero attached hydrogens (tertiary/aromatic N) is 2. The van der Waals surface area contributed by atoms with Gasteiger partial charge in [0.25, 0.3) is 11.8 Å². The molecule has 4 N–H and O–H groups in total. The van der Waals surface area contributed by atoms with E-state index in [1.807, 2.05) is 39.0 Å². The van der Waals surface area contributed by atoms with E-state index < -0.39 is 5.91 Å². The number of aromatic hydroxyl groups is 1. The third-order valence-corrected chi connectivity index (χ3v) is 6.37. The number of primary amides is 1. The normalized spacial score (nSPS) is 10.9. The summed E-state index contributed by atoms with van der Waals surface area (Å²) in [5.41, 5.74) is 12.0. The molecule has 1 aromatic heterocycles. The standard InChI is InChI=1S/C27H26N4O3/c1-14-16(3)30-25-23(14)19(13-22(32)24(25)26(28)33)17-10-8-12-21(15(17)2)31(5)27(34)18-9-6-7-11-20(18)29-4/h6-13,30,32H,4H2,1-3,5H3,(H2,28,33). The van der Waals surface area contributed by atoms with E-state index in [2.05, 4.69) is 16.7 Å². The van der Waals surface area contributed by atoms with E-state index in [9.17, 15) is 14.7 Å². The van der Waals surface area contributed by atoms with Gasteiger partial charge >= 0.3 is 0 Å². The summed E-state index contributed by atoms with van der Waals surface area (Å²) in [4.78, 5) is 34.1. The Hall–Kier alpha value is -4.39. The smallest absolute Gasteiger partial charge is 0.260 e. The fourth-order valence-corrected chi connectivity index (χ4v) is 4.47. The average molecular weight is 455 g/mol. The molecule has 0 saturated carbocycles. The first kappa shape index (κ1) is 22.8. The van der Waals surface area contributed by atoms with Gasteiger partial charge in [-0.05, 0) is 74.0 Å². The molecule has 1 heterocycles. The van der Waals surface area contributed by atoms with E-state index in [1.54, 1.807) is 42.3 Å². The molecule has 7 nitrogen and oxygen atoms in total. The van der Waals surface area contributed by atoms with Crippen LogP contribution < -0.4 is 10.6 Å². The molecule has 4 aromatic rings. The number of benzene rings is 3. The number of aromatic nitrogens is 1. The van der Waals surface area contributed by atoms with Crippen molar-refractivity contribution in [2.24, 2.45) is 10.7 Å². The molecule has 2 amide bonds. The number of aromatic amines is 1. The van der Waals surface area contributed by atoms with Crippen LogP contribution in [0.15, 0.2) is 53.5 Å². The van der Waals surface area contributed by atoms with E-state index in [-0.39, 0.29) is 17.2 Å². The van der Waals surface area contributed by atoms with E-state index in [0.29, 0.717) is 22.5 Å². The van der Waals surface area contributed by atoms with Gasteiger partial charge < -0.3 is 20.7 Å². The second kappa shape index (κ2) is 8.51. The number of fused-ring (bicyclic) bond motifs is 1. The quantitative estimate of drug-likeness (QED) is 0.362. The average Bonchev–Trinajstić information content (AvgIpc) is 3.11. The zero-order valence-corrected chi connectivity index (χ0v) is 19.6. The lowest BCUT2D eigenvalue weighted by Gasteiger charge is -2.22. The molecule has 0 radical (unpaired) electrons. The summed E-state index contributed by atoms with van der Waals surface area (Å²) in [6.07, 6.45) is 0. The SMILES string of the molecule is C=Nc1ccccc1C(=O)N(C)c1cccc(-c2cc(O)c(C(N)=O)c3[nH]c(C)c(C)c23)c1C. The molecule has 3 aromatic carbocycles. The van der Waals surface area contributed by atoms with Gasteiger partial charge in [-0.1, -0.05) is 24.3 Å². The van der Waals surface area contributed by atoms with Gasteiger partial charge in [-0.2, -0.15) is 0 Å². The number of anilines is 1. The minimum atomic E-state index is -0.708. The first-order chi connectivity index (χ1) is 16.2. The van der Waals surface area contributed by atoms with Crippen molar-refractivity contribution in [1.82, 2.24) is 4.98 Å². The van der Waals surface area contributed by atoms with Crippen LogP contribution in [-0.4, -0.2) is 35.7 Å².